The van der Waals surface area contributed by atoms with Gasteiger partial charge in [0.1, 0.15) is 22.2 Å². The van der Waals surface area contributed by atoms with Crippen LogP contribution in [0.15, 0.2) is 16.7 Å². The number of halogens is 1. The number of aromatic nitrogens is 1. The van der Waals surface area contributed by atoms with Crippen LogP contribution in [-0.2, 0) is 4.79 Å². The maximum absolute atomic E-state index is 10.4. The van der Waals surface area contributed by atoms with Crippen LogP contribution in [0.5, 0.6) is 5.75 Å². The molecule has 1 heterocycles. The van der Waals surface area contributed by atoms with Gasteiger partial charge in [-0.15, -0.1) is 0 Å². The lowest BCUT2D eigenvalue weighted by Gasteiger charge is -2.14. The van der Waals surface area contributed by atoms with Crippen molar-refractivity contribution in [3.63, 3.8) is 0 Å². The number of aromatic hydroxyl groups is 1. The standard InChI is InChI=1S/C8H8BrNO5/c9-4-2-1-3(11)5(10-4)6(12)7(13)8(14)15/h1-2,6-7,11-13H,(H,14,15). The van der Waals surface area contributed by atoms with E-state index in [1.165, 1.54) is 12.1 Å². The van der Waals surface area contributed by atoms with Gasteiger partial charge in [0.15, 0.2) is 6.10 Å². The maximum atomic E-state index is 10.4. The van der Waals surface area contributed by atoms with E-state index in [1.54, 1.807) is 0 Å². The zero-order valence-electron chi connectivity index (χ0n) is 7.33. The van der Waals surface area contributed by atoms with Crippen molar-refractivity contribution in [2.45, 2.75) is 12.2 Å². The Hall–Kier alpha value is -1.18. The van der Waals surface area contributed by atoms with Gasteiger partial charge in [-0.05, 0) is 28.1 Å². The summed E-state index contributed by atoms with van der Waals surface area (Å²) in [7, 11) is 0. The van der Waals surface area contributed by atoms with Gasteiger partial charge in [0.05, 0.1) is 0 Å². The molecule has 4 N–H and O–H groups in total. The number of pyridine rings is 1. The Morgan fingerprint density at radius 2 is 2.00 bits per heavy atom. The van der Waals surface area contributed by atoms with Crippen molar-refractivity contribution in [2.75, 3.05) is 0 Å². The highest BCUT2D eigenvalue weighted by Crippen LogP contribution is 2.26. The van der Waals surface area contributed by atoms with Crippen molar-refractivity contribution >= 4 is 21.9 Å². The lowest BCUT2D eigenvalue weighted by molar-refractivity contribution is -0.153. The molecule has 0 aliphatic heterocycles. The summed E-state index contributed by atoms with van der Waals surface area (Å²) in [4.78, 5) is 14.0. The molecule has 15 heavy (non-hydrogen) atoms. The van der Waals surface area contributed by atoms with E-state index in [4.69, 9.17) is 10.2 Å². The topological polar surface area (TPSA) is 111 Å². The Morgan fingerprint density at radius 1 is 1.40 bits per heavy atom. The SMILES string of the molecule is O=C(O)C(O)C(O)c1nc(Br)ccc1O. The maximum Gasteiger partial charge on any atom is 0.335 e. The highest BCUT2D eigenvalue weighted by Gasteiger charge is 2.28. The van der Waals surface area contributed by atoms with Crippen LogP contribution >= 0.6 is 15.9 Å². The van der Waals surface area contributed by atoms with Crippen molar-refractivity contribution < 1.29 is 25.2 Å². The zero-order valence-corrected chi connectivity index (χ0v) is 8.92. The molecule has 0 saturated heterocycles. The van der Waals surface area contributed by atoms with Crippen LogP contribution < -0.4 is 0 Å². The van der Waals surface area contributed by atoms with Crippen LogP contribution in [0.4, 0.5) is 0 Å². The molecule has 0 aromatic carbocycles. The van der Waals surface area contributed by atoms with Crippen molar-refractivity contribution in [1.29, 1.82) is 0 Å². The van der Waals surface area contributed by atoms with E-state index < -0.39 is 18.2 Å². The van der Waals surface area contributed by atoms with E-state index in [9.17, 15) is 15.0 Å². The summed E-state index contributed by atoms with van der Waals surface area (Å²) in [5, 5.41) is 36.2. The van der Waals surface area contributed by atoms with Crippen molar-refractivity contribution in [3.8, 4) is 5.75 Å². The summed E-state index contributed by atoms with van der Waals surface area (Å²) in [6.07, 6.45) is -3.81. The molecule has 0 aliphatic rings. The molecule has 0 amide bonds. The first-order chi connectivity index (χ1) is 6.93. The van der Waals surface area contributed by atoms with Crippen molar-refractivity contribution in [1.82, 2.24) is 4.98 Å². The largest absolute Gasteiger partial charge is 0.506 e. The van der Waals surface area contributed by atoms with Gasteiger partial charge in [0, 0.05) is 0 Å². The molecule has 0 spiro atoms. The van der Waals surface area contributed by atoms with Gasteiger partial charge in [-0.1, -0.05) is 0 Å². The number of carboxylic acid groups (broad SMARTS) is 1. The van der Waals surface area contributed by atoms with Gasteiger partial charge >= 0.3 is 5.97 Å². The Labute approximate surface area is 93.0 Å². The minimum absolute atomic E-state index is 0.292. The Morgan fingerprint density at radius 3 is 2.53 bits per heavy atom. The first-order valence-corrected chi connectivity index (χ1v) is 4.67. The van der Waals surface area contributed by atoms with Gasteiger partial charge in [-0.25, -0.2) is 9.78 Å². The van der Waals surface area contributed by atoms with Crippen LogP contribution in [0.2, 0.25) is 0 Å². The number of carbonyl (C=O) groups is 1. The van der Waals surface area contributed by atoms with Crippen molar-refractivity contribution in [3.05, 3.63) is 22.4 Å². The number of aliphatic hydroxyl groups is 2. The number of hydrogen-bond acceptors (Lipinski definition) is 5. The van der Waals surface area contributed by atoms with Gasteiger partial charge in [-0.2, -0.15) is 0 Å². The van der Waals surface area contributed by atoms with E-state index in [-0.39, 0.29) is 11.4 Å². The Balaban J connectivity index is 3.04. The third kappa shape index (κ3) is 2.65. The van der Waals surface area contributed by atoms with Crippen LogP contribution in [0, 0.1) is 0 Å². The predicted octanol–water partition coefficient (Wildman–Crippen LogP) is 0.0286. The second-order valence-corrected chi connectivity index (χ2v) is 3.58. The molecule has 82 valence electrons. The highest BCUT2D eigenvalue weighted by molar-refractivity contribution is 9.10. The van der Waals surface area contributed by atoms with E-state index in [1.807, 2.05) is 0 Å². The summed E-state index contributed by atoms with van der Waals surface area (Å²) in [6, 6.07) is 2.64. The fourth-order valence-electron chi connectivity index (χ4n) is 0.945. The monoisotopic (exact) mass is 277 g/mol. The number of aliphatic carboxylic acids is 1. The third-order valence-electron chi connectivity index (χ3n) is 1.70. The number of carboxylic acids is 1. The molecular weight excluding hydrogens is 270 g/mol. The first kappa shape index (κ1) is 11.9. The summed E-state index contributed by atoms with van der Waals surface area (Å²) >= 11 is 2.99. The summed E-state index contributed by atoms with van der Waals surface area (Å²) < 4.78 is 0.312. The second-order valence-electron chi connectivity index (χ2n) is 2.77. The molecule has 7 heteroatoms. The van der Waals surface area contributed by atoms with Crippen LogP contribution in [0.1, 0.15) is 11.8 Å². The molecule has 0 bridgehead atoms. The zero-order chi connectivity index (χ0) is 11.6. The van der Waals surface area contributed by atoms with E-state index in [2.05, 4.69) is 20.9 Å². The third-order valence-corrected chi connectivity index (χ3v) is 2.14. The minimum Gasteiger partial charge on any atom is -0.506 e. The average Bonchev–Trinajstić information content (AvgIpc) is 2.19. The summed E-state index contributed by atoms with van der Waals surface area (Å²) in [6.45, 7) is 0. The lowest BCUT2D eigenvalue weighted by atomic mass is 10.1. The molecule has 1 aromatic rings. The molecule has 0 saturated carbocycles. The molecule has 0 radical (unpaired) electrons. The van der Waals surface area contributed by atoms with Gasteiger partial charge in [-0.3, -0.25) is 0 Å². The summed E-state index contributed by atoms with van der Waals surface area (Å²) in [5.41, 5.74) is -0.292. The average molecular weight is 278 g/mol. The number of nitrogens with zero attached hydrogens (tertiary/aromatic N) is 1. The Kier molecular flexibility index (Phi) is 3.61. The van der Waals surface area contributed by atoms with Gasteiger partial charge in [0.2, 0.25) is 0 Å². The molecular formula is C8H8BrNO5. The highest BCUT2D eigenvalue weighted by atomic mass is 79.9. The molecule has 0 aliphatic carbocycles. The second kappa shape index (κ2) is 4.56. The minimum atomic E-state index is -2.03. The van der Waals surface area contributed by atoms with Gasteiger partial charge in [0.25, 0.3) is 0 Å². The van der Waals surface area contributed by atoms with Crippen molar-refractivity contribution in [2.24, 2.45) is 0 Å². The molecule has 2 unspecified atom stereocenters. The van der Waals surface area contributed by atoms with Crippen LogP contribution in [0.25, 0.3) is 0 Å². The van der Waals surface area contributed by atoms with E-state index >= 15 is 0 Å². The Bertz CT molecular complexity index is 383. The molecule has 1 aromatic heterocycles. The molecule has 6 nitrogen and oxygen atoms in total. The normalized spacial score (nSPS) is 14.6. The predicted molar refractivity (Wildman–Crippen MR) is 52.2 cm³/mol. The van der Waals surface area contributed by atoms with Gasteiger partial charge < -0.3 is 20.4 Å². The molecule has 1 rings (SSSR count). The fraction of sp³-hybridized carbons (Fsp3) is 0.250. The lowest BCUT2D eigenvalue weighted by Crippen LogP contribution is -2.28. The molecule has 0 fully saturated rings. The fourth-order valence-corrected chi connectivity index (χ4v) is 1.27. The quantitative estimate of drug-likeness (QED) is 0.580. The van der Waals surface area contributed by atoms with E-state index in [0.717, 1.165) is 0 Å². The number of aliphatic hydroxyl groups excluding tert-OH is 2. The molecule has 2 atom stereocenters. The van der Waals surface area contributed by atoms with Crippen LogP contribution in [0.3, 0.4) is 0 Å². The van der Waals surface area contributed by atoms with E-state index in [0.29, 0.717) is 4.60 Å². The number of rotatable bonds is 3. The first-order valence-electron chi connectivity index (χ1n) is 3.88. The smallest absolute Gasteiger partial charge is 0.335 e. The number of hydrogen-bond donors (Lipinski definition) is 4. The summed E-state index contributed by atoms with van der Waals surface area (Å²) in [5.74, 6) is -1.98. The van der Waals surface area contributed by atoms with Crippen LogP contribution in [-0.4, -0.2) is 37.5 Å².